The Balaban J connectivity index is 1.55. The summed E-state index contributed by atoms with van der Waals surface area (Å²) in [6.45, 7) is 7.19. The van der Waals surface area contributed by atoms with Crippen molar-refractivity contribution >= 4 is 11.6 Å². The van der Waals surface area contributed by atoms with E-state index in [0.717, 1.165) is 36.5 Å². The fourth-order valence-electron chi connectivity index (χ4n) is 3.80. The van der Waals surface area contributed by atoms with Crippen molar-refractivity contribution in [1.29, 1.82) is 5.26 Å². The largest absolute Gasteiger partial charge is 0.496 e. The van der Waals surface area contributed by atoms with Crippen molar-refractivity contribution in [2.45, 2.75) is 20.3 Å². The highest BCUT2D eigenvalue weighted by Crippen LogP contribution is 2.40. The summed E-state index contributed by atoms with van der Waals surface area (Å²) in [7, 11) is 1.64. The number of aromatic amines is 1. The highest BCUT2D eigenvalue weighted by molar-refractivity contribution is 5.76. The Hall–Kier alpha value is -3.64. The minimum absolute atomic E-state index is 0.220. The molecule has 0 saturated carbocycles. The summed E-state index contributed by atoms with van der Waals surface area (Å²) < 4.78 is 11.9. The van der Waals surface area contributed by atoms with Crippen molar-refractivity contribution < 1.29 is 9.47 Å². The fraction of sp³-hybridized carbons (Fsp3) is 0.391. The van der Waals surface area contributed by atoms with Crippen LogP contribution < -0.4 is 20.1 Å². The first-order chi connectivity index (χ1) is 15.5. The van der Waals surface area contributed by atoms with Gasteiger partial charge < -0.3 is 20.1 Å². The van der Waals surface area contributed by atoms with E-state index in [0.29, 0.717) is 29.9 Å². The van der Waals surface area contributed by atoms with E-state index in [1.807, 2.05) is 30.3 Å². The molecular weight excluding hydrogens is 406 g/mol. The molecule has 0 unspecified atom stereocenters. The van der Waals surface area contributed by atoms with Gasteiger partial charge in [0.25, 0.3) is 0 Å². The summed E-state index contributed by atoms with van der Waals surface area (Å²) >= 11 is 0. The van der Waals surface area contributed by atoms with Crippen LogP contribution in [0.4, 0.5) is 11.6 Å². The number of methoxy groups -OCH3 is 1. The zero-order chi connectivity index (χ0) is 22.6. The molecule has 1 fully saturated rings. The van der Waals surface area contributed by atoms with Gasteiger partial charge in [-0.05, 0) is 30.5 Å². The summed E-state index contributed by atoms with van der Waals surface area (Å²) in [5.41, 5.74) is 2.04. The Bertz CT molecular complexity index is 1100. The molecule has 2 aromatic heterocycles. The van der Waals surface area contributed by atoms with Gasteiger partial charge >= 0.3 is 0 Å². The zero-order valence-electron chi connectivity index (χ0n) is 18.5. The molecule has 9 heteroatoms. The molecule has 0 spiro atoms. The third-order valence-electron chi connectivity index (χ3n) is 5.96. The summed E-state index contributed by atoms with van der Waals surface area (Å²) in [5.74, 6) is 2.89. The van der Waals surface area contributed by atoms with Crippen LogP contribution in [0.1, 0.15) is 26.0 Å². The molecule has 4 rings (SSSR count). The molecule has 1 saturated heterocycles. The summed E-state index contributed by atoms with van der Waals surface area (Å²) in [5, 5.41) is 22.8. The first-order valence-electron chi connectivity index (χ1n) is 10.6. The second-order valence-corrected chi connectivity index (χ2v) is 8.47. The zero-order valence-corrected chi connectivity index (χ0v) is 18.5. The standard InChI is InChI=1S/C23H27N7O2/c1-23(2)7-8-25-11-15(23)14-32-19-6-4-5-18(31-3)22(19)17-9-20(30-29-17)28-21-13-26-16(10-24)12-27-21/h4-6,9,12-13,15,25H,7-8,11,14H2,1-3H3,(H2,27,28,29,30)/t15-/m0/s1. The van der Waals surface area contributed by atoms with Gasteiger partial charge in [0, 0.05) is 18.5 Å². The molecule has 3 N–H and O–H groups in total. The molecule has 1 aliphatic rings. The van der Waals surface area contributed by atoms with Crippen LogP contribution in [0.2, 0.25) is 0 Å². The molecule has 1 aromatic carbocycles. The Kier molecular flexibility index (Phi) is 6.23. The van der Waals surface area contributed by atoms with Gasteiger partial charge in [-0.2, -0.15) is 10.4 Å². The van der Waals surface area contributed by atoms with Gasteiger partial charge in [-0.15, -0.1) is 0 Å². The average Bonchev–Trinajstić information content (AvgIpc) is 3.26. The lowest BCUT2D eigenvalue weighted by Gasteiger charge is -2.38. The van der Waals surface area contributed by atoms with E-state index in [1.165, 1.54) is 12.4 Å². The minimum Gasteiger partial charge on any atom is -0.496 e. The van der Waals surface area contributed by atoms with Crippen molar-refractivity contribution in [2.75, 3.05) is 32.1 Å². The first kappa shape index (κ1) is 21.6. The maximum atomic E-state index is 8.86. The number of aromatic nitrogens is 4. The lowest BCUT2D eigenvalue weighted by Crippen LogP contribution is -2.44. The number of rotatable bonds is 7. The van der Waals surface area contributed by atoms with E-state index in [4.69, 9.17) is 14.7 Å². The second-order valence-electron chi connectivity index (χ2n) is 8.47. The number of nitriles is 1. The van der Waals surface area contributed by atoms with Crippen LogP contribution in [0.3, 0.4) is 0 Å². The quantitative estimate of drug-likeness (QED) is 0.518. The van der Waals surface area contributed by atoms with E-state index < -0.39 is 0 Å². The molecule has 0 bridgehead atoms. The van der Waals surface area contributed by atoms with E-state index in [1.54, 1.807) is 7.11 Å². The number of H-pyrrole nitrogens is 1. The van der Waals surface area contributed by atoms with Crippen LogP contribution in [0.15, 0.2) is 36.7 Å². The predicted octanol–water partition coefficient (Wildman–Crippen LogP) is 3.51. The Morgan fingerprint density at radius 2 is 2.06 bits per heavy atom. The van der Waals surface area contributed by atoms with Crippen LogP contribution in [0.25, 0.3) is 11.3 Å². The topological polar surface area (TPSA) is 121 Å². The monoisotopic (exact) mass is 433 g/mol. The van der Waals surface area contributed by atoms with Gasteiger partial charge in [-0.1, -0.05) is 19.9 Å². The third kappa shape index (κ3) is 4.65. The van der Waals surface area contributed by atoms with Crippen LogP contribution in [-0.2, 0) is 0 Å². The summed E-state index contributed by atoms with van der Waals surface area (Å²) in [6, 6.07) is 9.57. The van der Waals surface area contributed by atoms with Gasteiger partial charge in [0.05, 0.1) is 37.4 Å². The first-order valence-corrected chi connectivity index (χ1v) is 10.6. The second kappa shape index (κ2) is 9.24. The number of anilines is 2. The highest BCUT2D eigenvalue weighted by Gasteiger charge is 2.32. The predicted molar refractivity (Wildman–Crippen MR) is 121 cm³/mol. The summed E-state index contributed by atoms with van der Waals surface area (Å²) in [4.78, 5) is 8.18. The van der Waals surface area contributed by atoms with Crippen LogP contribution in [0.5, 0.6) is 11.5 Å². The Labute approximate surface area is 187 Å². The van der Waals surface area contributed by atoms with Crippen molar-refractivity contribution in [2.24, 2.45) is 11.3 Å². The Morgan fingerprint density at radius 1 is 1.22 bits per heavy atom. The number of piperidine rings is 1. The third-order valence-corrected chi connectivity index (χ3v) is 5.96. The lowest BCUT2D eigenvalue weighted by molar-refractivity contribution is 0.0964. The van der Waals surface area contributed by atoms with E-state index in [-0.39, 0.29) is 11.1 Å². The molecule has 0 radical (unpaired) electrons. The molecule has 0 aliphatic carbocycles. The van der Waals surface area contributed by atoms with Crippen LogP contribution in [0, 0.1) is 22.7 Å². The molecule has 3 heterocycles. The SMILES string of the molecule is COc1cccc(OC[C@@H]2CNCCC2(C)C)c1-c1cc(Nc2cnc(C#N)cn2)n[nH]1. The summed E-state index contributed by atoms with van der Waals surface area (Å²) in [6.07, 6.45) is 4.02. The smallest absolute Gasteiger partial charge is 0.158 e. The van der Waals surface area contributed by atoms with Gasteiger partial charge in [0.1, 0.15) is 23.4 Å². The molecule has 166 valence electrons. The highest BCUT2D eigenvalue weighted by atomic mass is 16.5. The van der Waals surface area contributed by atoms with E-state index >= 15 is 0 Å². The van der Waals surface area contributed by atoms with Gasteiger partial charge in [-0.25, -0.2) is 9.97 Å². The lowest BCUT2D eigenvalue weighted by atomic mass is 9.74. The number of hydrogen-bond donors (Lipinski definition) is 3. The van der Waals surface area contributed by atoms with Gasteiger partial charge in [0.15, 0.2) is 11.5 Å². The van der Waals surface area contributed by atoms with E-state index in [9.17, 15) is 0 Å². The number of nitrogens with one attached hydrogen (secondary N) is 3. The Morgan fingerprint density at radius 3 is 2.78 bits per heavy atom. The average molecular weight is 434 g/mol. The molecule has 1 aliphatic heterocycles. The molecule has 0 amide bonds. The van der Waals surface area contributed by atoms with Gasteiger partial charge in [-0.3, -0.25) is 5.10 Å². The fourth-order valence-corrected chi connectivity index (χ4v) is 3.80. The minimum atomic E-state index is 0.220. The van der Waals surface area contributed by atoms with Crippen molar-refractivity contribution in [3.63, 3.8) is 0 Å². The molecule has 1 atom stereocenters. The molecular formula is C23H27N7O2. The van der Waals surface area contributed by atoms with Gasteiger partial charge in [0.2, 0.25) is 0 Å². The maximum absolute atomic E-state index is 8.86. The normalized spacial score (nSPS) is 17.4. The van der Waals surface area contributed by atoms with Crippen LogP contribution in [-0.4, -0.2) is 47.0 Å². The number of hydrogen-bond acceptors (Lipinski definition) is 8. The van der Waals surface area contributed by atoms with Crippen molar-refractivity contribution in [1.82, 2.24) is 25.5 Å². The molecule has 9 nitrogen and oxygen atoms in total. The van der Waals surface area contributed by atoms with Crippen LogP contribution >= 0.6 is 0 Å². The number of benzene rings is 1. The maximum Gasteiger partial charge on any atom is 0.158 e. The molecule has 32 heavy (non-hydrogen) atoms. The van der Waals surface area contributed by atoms with E-state index in [2.05, 4.69) is 44.6 Å². The van der Waals surface area contributed by atoms with Crippen molar-refractivity contribution in [3.05, 3.63) is 42.4 Å². The van der Waals surface area contributed by atoms with Crippen molar-refractivity contribution in [3.8, 4) is 28.8 Å². The number of nitrogens with zero attached hydrogens (tertiary/aromatic N) is 4. The number of ether oxygens (including phenoxy) is 2. The molecule has 3 aromatic rings.